The molecule has 1 N–H and O–H groups in total. The molecule has 1 rings (SSSR count). The van der Waals surface area contributed by atoms with Crippen LogP contribution < -0.4 is 5.32 Å². The number of nitrogens with one attached hydrogen (secondary N) is 1. The number of halogens is 1. The normalized spacial score (nSPS) is 11.9. The Balaban J connectivity index is 2.73. The Morgan fingerprint density at radius 1 is 1.33 bits per heavy atom. The molecule has 0 aliphatic rings. The second-order valence-electron chi connectivity index (χ2n) is 5.30. The molecule has 0 fully saturated rings. The van der Waals surface area contributed by atoms with Gasteiger partial charge in [0.2, 0.25) is 0 Å². The minimum Gasteiger partial charge on any atom is -0.368 e. The molecule has 0 aliphatic carbocycles. The molecule has 0 saturated heterocycles. The Morgan fingerprint density at radius 2 is 2.00 bits per heavy atom. The summed E-state index contributed by atoms with van der Waals surface area (Å²) >= 11 is 6.00. The average molecular weight is 271 g/mol. The van der Waals surface area contributed by atoms with Crippen molar-refractivity contribution in [2.24, 2.45) is 0 Å². The molecule has 102 valence electrons. The zero-order chi connectivity index (χ0) is 13.8. The van der Waals surface area contributed by atoms with Crippen LogP contribution >= 0.6 is 11.6 Å². The van der Waals surface area contributed by atoms with Gasteiger partial charge >= 0.3 is 0 Å². The van der Waals surface area contributed by atoms with E-state index in [9.17, 15) is 0 Å². The van der Waals surface area contributed by atoms with Crippen molar-refractivity contribution in [1.82, 2.24) is 14.9 Å². The van der Waals surface area contributed by atoms with Crippen molar-refractivity contribution in [1.29, 1.82) is 0 Å². The van der Waals surface area contributed by atoms with Crippen LogP contribution in [0.5, 0.6) is 0 Å². The molecule has 1 heterocycles. The van der Waals surface area contributed by atoms with E-state index in [1.807, 2.05) is 0 Å². The Kier molecular flexibility index (Phi) is 5.35. The summed E-state index contributed by atoms with van der Waals surface area (Å²) in [6.07, 6.45) is 1.87. The molecule has 0 radical (unpaired) electrons. The van der Waals surface area contributed by atoms with Crippen LogP contribution in [0.3, 0.4) is 0 Å². The van der Waals surface area contributed by atoms with Crippen LogP contribution in [0.25, 0.3) is 0 Å². The van der Waals surface area contributed by atoms with Crippen LogP contribution in [0.1, 0.15) is 33.0 Å². The van der Waals surface area contributed by atoms with Crippen molar-refractivity contribution in [2.75, 3.05) is 26.0 Å². The van der Waals surface area contributed by atoms with Gasteiger partial charge in [0.05, 0.1) is 0 Å². The fraction of sp³-hybridized carbons (Fsp3) is 0.692. The third kappa shape index (κ3) is 4.42. The first-order valence-electron chi connectivity index (χ1n) is 6.30. The summed E-state index contributed by atoms with van der Waals surface area (Å²) in [6, 6.07) is 1.77. The van der Waals surface area contributed by atoms with Gasteiger partial charge in [-0.25, -0.2) is 9.97 Å². The van der Waals surface area contributed by atoms with Crippen LogP contribution in [0.15, 0.2) is 6.07 Å². The van der Waals surface area contributed by atoms with Gasteiger partial charge in [-0.15, -0.1) is 0 Å². The average Bonchev–Trinajstić information content (AvgIpc) is 2.26. The molecule has 1 aromatic heterocycles. The predicted molar refractivity (Wildman–Crippen MR) is 77.3 cm³/mol. The Morgan fingerprint density at radius 3 is 2.56 bits per heavy atom. The molecule has 4 nitrogen and oxygen atoms in total. The summed E-state index contributed by atoms with van der Waals surface area (Å²) in [5.41, 5.74) is 0.0579. The van der Waals surface area contributed by atoms with Crippen LogP contribution in [-0.2, 0) is 6.42 Å². The smallest absolute Gasteiger partial charge is 0.134 e. The minimum absolute atomic E-state index is 0.0579. The highest BCUT2D eigenvalue weighted by Crippen LogP contribution is 2.15. The molecule has 0 bridgehead atoms. The number of hydrogen-bond acceptors (Lipinski definition) is 4. The van der Waals surface area contributed by atoms with Gasteiger partial charge in [0.25, 0.3) is 0 Å². The number of aromatic nitrogens is 2. The second kappa shape index (κ2) is 6.34. The highest BCUT2D eigenvalue weighted by atomic mass is 35.5. The molecule has 0 aromatic carbocycles. The summed E-state index contributed by atoms with van der Waals surface area (Å²) in [5, 5.41) is 3.83. The molecule has 0 amide bonds. The number of likely N-dealkylation sites (N-methyl/N-ethyl adjacent to an activating group) is 1. The lowest BCUT2D eigenvalue weighted by Gasteiger charge is -2.32. The molecule has 5 heteroatoms. The summed E-state index contributed by atoms with van der Waals surface area (Å²) in [5.74, 6) is 1.60. The van der Waals surface area contributed by atoms with E-state index in [0.29, 0.717) is 5.15 Å². The topological polar surface area (TPSA) is 41.1 Å². The maximum absolute atomic E-state index is 6.00. The van der Waals surface area contributed by atoms with Crippen LogP contribution in [-0.4, -0.2) is 41.0 Å². The highest BCUT2D eigenvalue weighted by Gasteiger charge is 2.20. The van der Waals surface area contributed by atoms with Gasteiger partial charge < -0.3 is 10.2 Å². The molecule has 18 heavy (non-hydrogen) atoms. The van der Waals surface area contributed by atoms with Crippen molar-refractivity contribution in [3.8, 4) is 0 Å². The lowest BCUT2D eigenvalue weighted by Crippen LogP contribution is -2.44. The van der Waals surface area contributed by atoms with E-state index >= 15 is 0 Å². The minimum atomic E-state index is 0.0579. The predicted octanol–water partition coefficient (Wildman–Crippen LogP) is 2.83. The quantitative estimate of drug-likeness (QED) is 0.807. The third-order valence-corrected chi connectivity index (χ3v) is 3.32. The third-order valence-electron chi connectivity index (χ3n) is 3.13. The van der Waals surface area contributed by atoms with Crippen molar-refractivity contribution in [3.05, 3.63) is 17.0 Å². The van der Waals surface area contributed by atoms with E-state index in [4.69, 9.17) is 11.6 Å². The first-order chi connectivity index (χ1) is 8.35. The summed E-state index contributed by atoms with van der Waals surface area (Å²) in [6.45, 7) is 7.26. The van der Waals surface area contributed by atoms with Crippen LogP contribution in [0.4, 0.5) is 5.82 Å². The SMILES string of the molecule is CCCc1nc(Cl)cc(NCC(C)(C)N(C)C)n1. The van der Waals surface area contributed by atoms with E-state index in [-0.39, 0.29) is 5.54 Å². The number of nitrogens with zero attached hydrogens (tertiary/aromatic N) is 3. The number of hydrogen-bond donors (Lipinski definition) is 1. The lowest BCUT2D eigenvalue weighted by molar-refractivity contribution is 0.210. The standard InChI is InChI=1S/C13H23ClN4/c1-6-7-11-16-10(14)8-12(17-11)15-9-13(2,3)18(4)5/h8H,6-7,9H2,1-5H3,(H,15,16,17). The fourth-order valence-electron chi connectivity index (χ4n) is 1.36. The molecule has 0 saturated carbocycles. The maximum atomic E-state index is 6.00. The zero-order valence-corrected chi connectivity index (χ0v) is 12.7. The maximum Gasteiger partial charge on any atom is 0.134 e. The Bertz CT molecular complexity index is 391. The monoisotopic (exact) mass is 270 g/mol. The fourth-order valence-corrected chi connectivity index (χ4v) is 1.56. The largest absolute Gasteiger partial charge is 0.368 e. The van der Waals surface area contributed by atoms with E-state index in [2.05, 4.69) is 55.1 Å². The van der Waals surface area contributed by atoms with Crippen molar-refractivity contribution < 1.29 is 0 Å². The van der Waals surface area contributed by atoms with Gasteiger partial charge in [0.1, 0.15) is 16.8 Å². The lowest BCUT2D eigenvalue weighted by atomic mass is 10.0. The highest BCUT2D eigenvalue weighted by molar-refractivity contribution is 6.29. The second-order valence-corrected chi connectivity index (χ2v) is 5.69. The van der Waals surface area contributed by atoms with Gasteiger partial charge in [-0.2, -0.15) is 0 Å². The van der Waals surface area contributed by atoms with Gasteiger partial charge in [-0.1, -0.05) is 18.5 Å². The zero-order valence-electron chi connectivity index (χ0n) is 11.9. The van der Waals surface area contributed by atoms with Crippen LogP contribution in [0.2, 0.25) is 5.15 Å². The summed E-state index contributed by atoms with van der Waals surface area (Å²) < 4.78 is 0. The molecular weight excluding hydrogens is 248 g/mol. The van der Waals surface area contributed by atoms with Gasteiger partial charge in [-0.3, -0.25) is 0 Å². The number of anilines is 1. The van der Waals surface area contributed by atoms with Gasteiger partial charge in [0.15, 0.2) is 0 Å². The van der Waals surface area contributed by atoms with Gasteiger partial charge in [-0.05, 0) is 34.4 Å². The molecule has 0 spiro atoms. The molecule has 0 atom stereocenters. The van der Waals surface area contributed by atoms with Crippen molar-refractivity contribution >= 4 is 17.4 Å². The Hall–Kier alpha value is -0.870. The van der Waals surface area contributed by atoms with E-state index in [1.54, 1.807) is 6.07 Å². The molecule has 0 aliphatic heterocycles. The van der Waals surface area contributed by atoms with Crippen molar-refractivity contribution in [2.45, 2.75) is 39.2 Å². The van der Waals surface area contributed by atoms with E-state index in [1.165, 1.54) is 0 Å². The van der Waals surface area contributed by atoms with E-state index in [0.717, 1.165) is 31.0 Å². The number of rotatable bonds is 6. The van der Waals surface area contributed by atoms with Gasteiger partial charge in [0, 0.05) is 24.6 Å². The molecule has 1 aromatic rings. The molecular formula is C13H23ClN4. The summed E-state index contributed by atoms with van der Waals surface area (Å²) in [4.78, 5) is 10.8. The van der Waals surface area contributed by atoms with E-state index < -0.39 is 0 Å². The van der Waals surface area contributed by atoms with Crippen molar-refractivity contribution in [3.63, 3.8) is 0 Å². The van der Waals surface area contributed by atoms with Crippen LogP contribution in [0, 0.1) is 0 Å². The molecule has 0 unspecified atom stereocenters. The first kappa shape index (κ1) is 15.2. The number of aryl methyl sites for hydroxylation is 1. The summed E-state index contributed by atoms with van der Waals surface area (Å²) in [7, 11) is 4.13. The first-order valence-corrected chi connectivity index (χ1v) is 6.67. The Labute approximate surface area is 115 Å².